The van der Waals surface area contributed by atoms with Crippen LogP contribution in [0.1, 0.15) is 66.8 Å². The Labute approximate surface area is 598 Å². The summed E-state index contributed by atoms with van der Waals surface area (Å²) in [7, 11) is 0. The zero-order valence-corrected chi connectivity index (χ0v) is 56.4. The number of fused-ring (bicyclic) bond motifs is 48. The molecule has 12 aromatic heterocycles. The molecule has 0 radical (unpaired) electrons. The van der Waals surface area contributed by atoms with Crippen LogP contribution in [0.25, 0.3) is 182 Å². The van der Waals surface area contributed by atoms with E-state index < -0.39 is 0 Å². The third-order valence-electron chi connectivity index (χ3n) is 24.0. The summed E-state index contributed by atoms with van der Waals surface area (Å²) >= 11 is 0. The van der Waals surface area contributed by atoms with E-state index in [4.69, 9.17) is 34.9 Å². The highest BCUT2D eigenvalue weighted by Crippen LogP contribution is 2.53. The summed E-state index contributed by atoms with van der Waals surface area (Å²) in [4.78, 5) is 43.7. The van der Waals surface area contributed by atoms with Crippen molar-refractivity contribution in [1.29, 1.82) is 0 Å². The Morgan fingerprint density at radius 3 is 0.971 bits per heavy atom. The Morgan fingerprint density at radius 1 is 0.200 bits per heavy atom. The van der Waals surface area contributed by atoms with Gasteiger partial charge >= 0.3 is 0 Å². The lowest BCUT2D eigenvalue weighted by molar-refractivity contribution is 1.17. The van der Waals surface area contributed by atoms with Gasteiger partial charge in [-0.05, 0) is 237 Å². The lowest BCUT2D eigenvalue weighted by atomic mass is 9.96. The minimum atomic E-state index is 0.906. The smallest absolute Gasteiger partial charge is 0.149 e. The van der Waals surface area contributed by atoms with E-state index in [-0.39, 0.29) is 0 Å². The van der Waals surface area contributed by atoms with Crippen LogP contribution in [0, 0.1) is 0 Å². The molecule has 105 heavy (non-hydrogen) atoms. The number of imidazole rings is 3. The van der Waals surface area contributed by atoms with E-state index in [1.54, 1.807) is 0 Å². The lowest BCUT2D eigenvalue weighted by Gasteiger charge is -2.08. The summed E-state index contributed by atoms with van der Waals surface area (Å²) in [5.41, 5.74) is 46.6. The quantitative estimate of drug-likeness (QED) is 0.136. The van der Waals surface area contributed by atoms with E-state index >= 15 is 0 Å². The van der Waals surface area contributed by atoms with E-state index in [2.05, 4.69) is 205 Å². The zero-order chi connectivity index (χ0) is 68.0. The molecule has 21 aromatic rings. The van der Waals surface area contributed by atoms with Gasteiger partial charge in [0.1, 0.15) is 33.9 Å². The van der Waals surface area contributed by atoms with Crippen LogP contribution >= 0.6 is 0 Å². The van der Waals surface area contributed by atoms with Crippen LogP contribution in [0.3, 0.4) is 0 Å². The van der Waals surface area contributed by atoms with Crippen LogP contribution in [0.2, 0.25) is 0 Å². The first kappa shape index (κ1) is 56.0. The van der Waals surface area contributed by atoms with Crippen molar-refractivity contribution < 1.29 is 0 Å². The molecule has 0 spiro atoms. The second kappa shape index (κ2) is 20.5. The first-order chi connectivity index (χ1) is 52.1. The van der Waals surface area contributed by atoms with Crippen LogP contribution in [-0.2, 0) is 38.5 Å². The van der Waals surface area contributed by atoms with Crippen molar-refractivity contribution >= 4 is 116 Å². The highest BCUT2D eigenvalue weighted by molar-refractivity contribution is 6.16. The molecular weight excluding hydrogens is 1290 g/mol. The number of rotatable bonds is 0. The Balaban J connectivity index is 0.0000000914. The second-order valence-corrected chi connectivity index (χ2v) is 28.9. The normalized spacial score (nSPS) is 13.5. The molecule has 0 saturated carbocycles. The van der Waals surface area contributed by atoms with Gasteiger partial charge in [-0.3, -0.25) is 28.2 Å². The number of aromatic nitrogens is 12. The number of pyridine rings is 9. The van der Waals surface area contributed by atoms with Crippen LogP contribution in [0.15, 0.2) is 256 Å². The first-order valence-corrected chi connectivity index (χ1v) is 36.1. The fourth-order valence-corrected chi connectivity index (χ4v) is 19.5. The average molecular weight is 1340 g/mol. The van der Waals surface area contributed by atoms with Gasteiger partial charge in [-0.15, -0.1) is 0 Å². The third kappa shape index (κ3) is 7.45. The van der Waals surface area contributed by atoms with Gasteiger partial charge in [-0.25, -0.2) is 29.9 Å². The maximum Gasteiger partial charge on any atom is 0.149 e. The SMILES string of the molecule is c1ccc2c(c1)Cc1c-2ccc2c1Cc1c-2ccc2c1nc1c3cccnc3c3cccnc3n21.c1ccc2c(c1)Cc1c-2ccc2c1Cc1c-2ccc2c1nc1c3ccncc3c3cccnc3n21.c1ccc2c(c1)Cc1c-2ccc2c1Cc1c-2ccc2c1nc1c3cnccc3c3cccnc3n21. The predicted molar refractivity (Wildman–Crippen MR) is 419 cm³/mol. The lowest BCUT2D eigenvalue weighted by Crippen LogP contribution is -1.94. The summed E-state index contributed by atoms with van der Waals surface area (Å²) < 4.78 is 6.67. The molecule has 0 unspecified atom stereocenters. The van der Waals surface area contributed by atoms with E-state index in [0.717, 1.165) is 154 Å². The number of hydrogen-bond donors (Lipinski definition) is 0. The van der Waals surface area contributed by atoms with Crippen molar-refractivity contribution in [2.75, 3.05) is 0 Å². The summed E-state index contributed by atoms with van der Waals surface area (Å²) in [5.74, 6) is 0. The van der Waals surface area contributed by atoms with E-state index in [1.165, 1.54) is 134 Å². The monoisotopic (exact) mass is 1340 g/mol. The molecule has 0 atom stereocenters. The van der Waals surface area contributed by atoms with Gasteiger partial charge in [0.2, 0.25) is 0 Å². The topological polar surface area (TPSA) is 129 Å². The highest BCUT2D eigenvalue weighted by atomic mass is 15.1. The molecule has 0 bridgehead atoms. The van der Waals surface area contributed by atoms with Gasteiger partial charge in [0.15, 0.2) is 0 Å². The van der Waals surface area contributed by atoms with Gasteiger partial charge in [0.25, 0.3) is 0 Å². The molecule has 12 nitrogen and oxygen atoms in total. The fraction of sp³-hybridized carbons (Fsp3) is 0.0645. The van der Waals surface area contributed by atoms with Crippen molar-refractivity contribution in [2.24, 2.45) is 0 Å². The number of benzene rings is 9. The number of nitrogens with zero attached hydrogens (tertiary/aromatic N) is 12. The predicted octanol–water partition coefficient (Wildman–Crippen LogP) is 20.2. The van der Waals surface area contributed by atoms with E-state index in [1.807, 2.05) is 73.8 Å². The maximum absolute atomic E-state index is 5.28. The van der Waals surface area contributed by atoms with E-state index in [0.29, 0.717) is 0 Å². The summed E-state index contributed by atoms with van der Waals surface area (Å²) in [5, 5.41) is 8.73. The van der Waals surface area contributed by atoms with E-state index in [9.17, 15) is 0 Å². The summed E-state index contributed by atoms with van der Waals surface area (Å²) in [6.07, 6.45) is 20.8. The average Bonchev–Trinajstić information content (AvgIpc) is 1.56. The van der Waals surface area contributed by atoms with Gasteiger partial charge in [0.05, 0.1) is 38.6 Å². The summed E-state index contributed by atoms with van der Waals surface area (Å²) in [6.45, 7) is 0. The Morgan fingerprint density at radius 2 is 0.514 bits per heavy atom. The fourth-order valence-electron chi connectivity index (χ4n) is 19.5. The van der Waals surface area contributed by atoms with Gasteiger partial charge < -0.3 is 0 Å². The largest absolute Gasteiger partial charge is 0.276 e. The first-order valence-electron chi connectivity index (χ1n) is 36.1. The van der Waals surface area contributed by atoms with Crippen LogP contribution in [0.4, 0.5) is 0 Å². The van der Waals surface area contributed by atoms with Crippen molar-refractivity contribution in [3.8, 4) is 66.8 Å². The van der Waals surface area contributed by atoms with Crippen molar-refractivity contribution in [3.05, 3.63) is 323 Å². The molecule has 12 heteroatoms. The molecule has 0 amide bonds. The minimum Gasteiger partial charge on any atom is -0.276 e. The van der Waals surface area contributed by atoms with Crippen LogP contribution < -0.4 is 0 Å². The van der Waals surface area contributed by atoms with Gasteiger partial charge in [0, 0.05) is 107 Å². The minimum absolute atomic E-state index is 0.906. The highest BCUT2D eigenvalue weighted by Gasteiger charge is 2.35. The zero-order valence-electron chi connectivity index (χ0n) is 56.4. The molecule has 0 N–H and O–H groups in total. The molecule has 0 aliphatic heterocycles. The molecule has 486 valence electrons. The molecule has 0 fully saturated rings. The Bertz CT molecular complexity index is 6910. The molecule has 6 aliphatic carbocycles. The number of hydrogen-bond acceptors (Lipinski definition) is 9. The van der Waals surface area contributed by atoms with Crippen molar-refractivity contribution in [3.63, 3.8) is 0 Å². The third-order valence-corrected chi connectivity index (χ3v) is 24.0. The Kier molecular flexibility index (Phi) is 10.9. The van der Waals surface area contributed by atoms with Crippen molar-refractivity contribution in [1.82, 2.24) is 58.1 Å². The Hall–Kier alpha value is -13.7. The molecule has 0 saturated heterocycles. The van der Waals surface area contributed by atoms with Gasteiger partial charge in [-0.2, -0.15) is 0 Å². The maximum atomic E-state index is 5.28. The molecular formula is C93H54N12. The van der Waals surface area contributed by atoms with Gasteiger partial charge in [-0.1, -0.05) is 127 Å². The second-order valence-electron chi connectivity index (χ2n) is 28.9. The van der Waals surface area contributed by atoms with Crippen LogP contribution in [0.5, 0.6) is 0 Å². The molecule has 6 aliphatic rings. The molecule has 9 aromatic carbocycles. The standard InChI is InChI=1S/3C31H18N4/c1-2-6-18-17(5-1)15-24-19(18)9-10-20-21-11-12-27-29(26(21)16-25(20)24)34-31-23-8-3-13-32-28(23)22-7-4-14-33-30(22)35(27)31;1-2-5-18-17(4-1)14-24-19(18)7-8-20-21-9-10-28-29(26(21)15-25(20)24)34-31-27-16-32-13-11-22(27)23-6-3-12-33-30(23)35(28)31;1-2-5-18-17(4-1)14-24-19(18)7-8-20-21-9-10-28-29(26(21)15-25(20)24)34-31-23-11-13-32-16-27(23)22-6-3-12-33-30(22)35(28)31/h1-14H,15-16H2;2*1-13,16H,14-15H2. The summed E-state index contributed by atoms with van der Waals surface area (Å²) in [6, 6.07) is 74.5. The van der Waals surface area contributed by atoms with Crippen molar-refractivity contribution in [2.45, 2.75) is 38.5 Å². The molecule has 27 rings (SSSR count). The molecule has 12 heterocycles. The van der Waals surface area contributed by atoms with Crippen LogP contribution in [-0.4, -0.2) is 58.1 Å².